The van der Waals surface area contributed by atoms with Gasteiger partial charge >= 0.3 is 6.03 Å². The molecule has 1 fully saturated rings. The summed E-state index contributed by atoms with van der Waals surface area (Å²) in [7, 11) is 0. The molecule has 1 aliphatic heterocycles. The van der Waals surface area contributed by atoms with Gasteiger partial charge in [0.2, 0.25) is 0 Å². The molecule has 2 amide bonds. The Morgan fingerprint density at radius 3 is 2.73 bits per heavy atom. The van der Waals surface area contributed by atoms with Crippen molar-refractivity contribution in [3.63, 3.8) is 0 Å². The van der Waals surface area contributed by atoms with E-state index in [1.54, 1.807) is 0 Å². The molecule has 1 aliphatic rings. The molecule has 0 bridgehead atoms. The summed E-state index contributed by atoms with van der Waals surface area (Å²) in [5.41, 5.74) is 0. The Hall–Kier alpha value is -0.810. The predicted molar refractivity (Wildman–Crippen MR) is 58.7 cm³/mol. The number of amides is 2. The van der Waals surface area contributed by atoms with Crippen molar-refractivity contribution in [3.05, 3.63) is 0 Å². The van der Waals surface area contributed by atoms with Gasteiger partial charge in [0.25, 0.3) is 0 Å². The monoisotopic (exact) mass is 215 g/mol. The lowest BCUT2D eigenvalue weighted by Crippen LogP contribution is -2.46. The number of ether oxygens (including phenoxy) is 1. The molecule has 0 unspecified atom stereocenters. The van der Waals surface area contributed by atoms with Crippen LogP contribution in [0.15, 0.2) is 0 Å². The molecule has 0 spiro atoms. The molecule has 0 aliphatic carbocycles. The van der Waals surface area contributed by atoms with E-state index >= 15 is 0 Å². The van der Waals surface area contributed by atoms with E-state index in [-0.39, 0.29) is 6.03 Å². The second-order valence-corrected chi connectivity index (χ2v) is 3.67. The van der Waals surface area contributed by atoms with Crippen molar-refractivity contribution in [2.45, 2.75) is 19.8 Å². The van der Waals surface area contributed by atoms with Gasteiger partial charge in [-0.1, -0.05) is 13.3 Å². The number of carbonyl (C=O) groups excluding carboxylic acids is 1. The number of hydrogen-bond donors (Lipinski definition) is 2. The fraction of sp³-hybridized carbons (Fsp3) is 0.900. The Bertz CT molecular complexity index is 182. The third-order valence-electron chi connectivity index (χ3n) is 2.38. The molecule has 0 atom stereocenters. The highest BCUT2D eigenvalue weighted by atomic mass is 16.5. The Morgan fingerprint density at radius 2 is 2.07 bits per heavy atom. The molecule has 0 aromatic carbocycles. The number of nitrogens with zero attached hydrogens (tertiary/aromatic N) is 1. The number of hydrogen-bond acceptors (Lipinski definition) is 3. The minimum Gasteiger partial charge on any atom is -0.379 e. The van der Waals surface area contributed by atoms with E-state index in [4.69, 9.17) is 4.74 Å². The van der Waals surface area contributed by atoms with Gasteiger partial charge in [-0.05, 0) is 6.42 Å². The van der Waals surface area contributed by atoms with E-state index in [1.165, 1.54) is 0 Å². The standard InChI is InChI=1S/C10H21N3O2/c1-2-3-4-11-10(14)12-9-13-5-7-15-8-6-13/h2-9H2,1H3,(H2,11,12,14). The van der Waals surface area contributed by atoms with Gasteiger partial charge in [-0.15, -0.1) is 0 Å². The van der Waals surface area contributed by atoms with Crippen molar-refractivity contribution >= 4 is 6.03 Å². The van der Waals surface area contributed by atoms with Crippen LogP contribution >= 0.6 is 0 Å². The van der Waals surface area contributed by atoms with Crippen LogP contribution in [0, 0.1) is 0 Å². The van der Waals surface area contributed by atoms with Gasteiger partial charge in [-0.3, -0.25) is 4.90 Å². The molecule has 0 aromatic heterocycles. The zero-order valence-corrected chi connectivity index (χ0v) is 9.42. The quantitative estimate of drug-likeness (QED) is 0.652. The van der Waals surface area contributed by atoms with Crippen molar-refractivity contribution in [2.24, 2.45) is 0 Å². The third kappa shape index (κ3) is 5.59. The van der Waals surface area contributed by atoms with E-state index in [0.29, 0.717) is 6.67 Å². The summed E-state index contributed by atoms with van der Waals surface area (Å²) >= 11 is 0. The van der Waals surface area contributed by atoms with Crippen LogP contribution < -0.4 is 10.6 Å². The molecule has 1 heterocycles. The van der Waals surface area contributed by atoms with Crippen LogP contribution in [-0.4, -0.2) is 50.4 Å². The van der Waals surface area contributed by atoms with Gasteiger partial charge < -0.3 is 15.4 Å². The first-order valence-corrected chi connectivity index (χ1v) is 5.64. The highest BCUT2D eigenvalue weighted by Crippen LogP contribution is 1.93. The van der Waals surface area contributed by atoms with Gasteiger partial charge in [0.05, 0.1) is 19.9 Å². The number of rotatable bonds is 5. The first-order valence-electron chi connectivity index (χ1n) is 5.64. The Kier molecular flexibility index (Phi) is 6.11. The second-order valence-electron chi connectivity index (χ2n) is 3.67. The van der Waals surface area contributed by atoms with Crippen LogP contribution in [-0.2, 0) is 4.74 Å². The zero-order valence-electron chi connectivity index (χ0n) is 9.42. The minimum absolute atomic E-state index is 0.0741. The maximum Gasteiger partial charge on any atom is 0.315 e. The van der Waals surface area contributed by atoms with Crippen LogP contribution in [0.1, 0.15) is 19.8 Å². The molecule has 0 saturated carbocycles. The summed E-state index contributed by atoms with van der Waals surface area (Å²) in [6.07, 6.45) is 2.13. The summed E-state index contributed by atoms with van der Waals surface area (Å²) < 4.78 is 5.22. The van der Waals surface area contributed by atoms with Crippen LogP contribution in [0.2, 0.25) is 0 Å². The zero-order chi connectivity index (χ0) is 10.9. The van der Waals surface area contributed by atoms with Gasteiger partial charge in [-0.2, -0.15) is 0 Å². The summed E-state index contributed by atoms with van der Waals surface area (Å²) in [5, 5.41) is 5.65. The largest absolute Gasteiger partial charge is 0.379 e. The maximum atomic E-state index is 11.3. The molecular weight excluding hydrogens is 194 g/mol. The molecule has 88 valence electrons. The highest BCUT2D eigenvalue weighted by molar-refractivity contribution is 5.73. The lowest BCUT2D eigenvalue weighted by atomic mass is 10.3. The Labute approximate surface area is 91.2 Å². The summed E-state index contributed by atoms with van der Waals surface area (Å²) in [4.78, 5) is 13.4. The number of urea groups is 1. The lowest BCUT2D eigenvalue weighted by Gasteiger charge is -2.26. The summed E-state index contributed by atoms with van der Waals surface area (Å²) in [6.45, 7) is 6.79. The van der Waals surface area contributed by atoms with Gasteiger partial charge in [0.15, 0.2) is 0 Å². The molecule has 15 heavy (non-hydrogen) atoms. The van der Waals surface area contributed by atoms with Crippen molar-refractivity contribution in [2.75, 3.05) is 39.5 Å². The minimum atomic E-state index is -0.0741. The van der Waals surface area contributed by atoms with Gasteiger partial charge in [0.1, 0.15) is 0 Å². The molecule has 5 nitrogen and oxygen atoms in total. The van der Waals surface area contributed by atoms with Crippen molar-refractivity contribution < 1.29 is 9.53 Å². The number of carbonyl (C=O) groups is 1. The first kappa shape index (κ1) is 12.3. The van der Waals surface area contributed by atoms with Crippen LogP contribution in [0.3, 0.4) is 0 Å². The second kappa shape index (κ2) is 7.48. The SMILES string of the molecule is CCCCNC(=O)NCN1CCOCC1. The molecule has 1 rings (SSSR count). The van der Waals surface area contributed by atoms with Crippen molar-refractivity contribution in [1.82, 2.24) is 15.5 Å². The van der Waals surface area contributed by atoms with Crippen molar-refractivity contribution in [1.29, 1.82) is 0 Å². The molecule has 0 aromatic rings. The smallest absolute Gasteiger partial charge is 0.315 e. The van der Waals surface area contributed by atoms with E-state index in [9.17, 15) is 4.79 Å². The van der Waals surface area contributed by atoms with E-state index in [0.717, 1.165) is 45.7 Å². The first-order chi connectivity index (χ1) is 7.33. The molecule has 2 N–H and O–H groups in total. The fourth-order valence-electron chi connectivity index (χ4n) is 1.38. The lowest BCUT2D eigenvalue weighted by molar-refractivity contribution is 0.0355. The topological polar surface area (TPSA) is 53.6 Å². The molecule has 0 radical (unpaired) electrons. The molecular formula is C10H21N3O2. The number of unbranched alkanes of at least 4 members (excludes halogenated alkanes) is 1. The number of morpholine rings is 1. The normalized spacial score (nSPS) is 17.4. The van der Waals surface area contributed by atoms with E-state index in [2.05, 4.69) is 22.5 Å². The van der Waals surface area contributed by atoms with Gasteiger partial charge in [0, 0.05) is 19.6 Å². The van der Waals surface area contributed by atoms with Crippen molar-refractivity contribution in [3.8, 4) is 0 Å². The summed E-state index contributed by atoms with van der Waals surface area (Å²) in [6, 6.07) is -0.0741. The Morgan fingerprint density at radius 1 is 1.33 bits per heavy atom. The fourth-order valence-corrected chi connectivity index (χ4v) is 1.38. The van der Waals surface area contributed by atoms with Crippen LogP contribution in [0.25, 0.3) is 0 Å². The predicted octanol–water partition coefficient (Wildman–Crippen LogP) is 0.375. The average Bonchev–Trinajstić information content (AvgIpc) is 2.28. The highest BCUT2D eigenvalue weighted by Gasteiger charge is 2.10. The number of nitrogens with one attached hydrogen (secondary N) is 2. The van der Waals surface area contributed by atoms with Crippen LogP contribution in [0.5, 0.6) is 0 Å². The van der Waals surface area contributed by atoms with Crippen LogP contribution in [0.4, 0.5) is 4.79 Å². The van der Waals surface area contributed by atoms with E-state index in [1.807, 2.05) is 0 Å². The third-order valence-corrected chi connectivity index (χ3v) is 2.38. The van der Waals surface area contributed by atoms with Gasteiger partial charge in [-0.25, -0.2) is 4.79 Å². The Balaban J connectivity index is 2.00. The summed E-state index contributed by atoms with van der Waals surface area (Å²) in [5.74, 6) is 0. The maximum absolute atomic E-state index is 11.3. The molecule has 5 heteroatoms. The molecule has 1 saturated heterocycles. The average molecular weight is 215 g/mol. The van der Waals surface area contributed by atoms with E-state index < -0.39 is 0 Å².